The summed E-state index contributed by atoms with van der Waals surface area (Å²) in [5.41, 5.74) is 1.49. The summed E-state index contributed by atoms with van der Waals surface area (Å²) in [6.07, 6.45) is -0.742. The summed E-state index contributed by atoms with van der Waals surface area (Å²) in [5, 5.41) is 11.0. The van der Waals surface area contributed by atoms with E-state index >= 15 is 0 Å². The number of hydrogen-bond acceptors (Lipinski definition) is 2. The number of methoxy groups -OCH3 is 1. The molecule has 2 aromatic carbocycles. The first-order valence-electron chi connectivity index (χ1n) is 5.39. The minimum absolute atomic E-state index is 0.602. The molecule has 0 radical (unpaired) electrons. The number of rotatable bonds is 3. The third-order valence-electron chi connectivity index (χ3n) is 2.66. The van der Waals surface area contributed by atoms with Gasteiger partial charge in [0, 0.05) is 15.1 Å². The van der Waals surface area contributed by atoms with Gasteiger partial charge in [0.2, 0.25) is 0 Å². The maximum atomic E-state index is 10.4. The molecule has 0 bridgehead atoms. The van der Waals surface area contributed by atoms with Crippen LogP contribution in [0.2, 0.25) is 5.02 Å². The van der Waals surface area contributed by atoms with E-state index < -0.39 is 6.10 Å². The van der Waals surface area contributed by atoms with Crippen molar-refractivity contribution < 1.29 is 9.84 Å². The highest BCUT2D eigenvalue weighted by Gasteiger charge is 2.14. The zero-order valence-electron chi connectivity index (χ0n) is 9.73. The fourth-order valence-corrected chi connectivity index (χ4v) is 2.38. The first-order valence-corrected chi connectivity index (χ1v) is 6.56. The molecule has 18 heavy (non-hydrogen) atoms. The molecule has 1 atom stereocenters. The molecule has 0 spiro atoms. The Morgan fingerprint density at radius 2 is 2.00 bits per heavy atom. The molecule has 0 aliphatic rings. The molecule has 94 valence electrons. The van der Waals surface area contributed by atoms with Crippen molar-refractivity contribution in [1.82, 2.24) is 0 Å². The van der Waals surface area contributed by atoms with Gasteiger partial charge in [-0.3, -0.25) is 0 Å². The molecule has 0 saturated carbocycles. The summed E-state index contributed by atoms with van der Waals surface area (Å²) in [5.74, 6) is 0.703. The lowest BCUT2D eigenvalue weighted by molar-refractivity contribution is 0.219. The zero-order chi connectivity index (χ0) is 13.1. The molecule has 0 heterocycles. The Hall–Kier alpha value is -1.03. The number of benzene rings is 2. The second kappa shape index (κ2) is 5.74. The van der Waals surface area contributed by atoms with Crippen LogP contribution in [0.5, 0.6) is 5.75 Å². The lowest BCUT2D eigenvalue weighted by atomic mass is 10.0. The summed E-state index contributed by atoms with van der Waals surface area (Å²) in [4.78, 5) is 0. The van der Waals surface area contributed by atoms with Crippen LogP contribution < -0.4 is 4.74 Å². The van der Waals surface area contributed by atoms with Crippen LogP contribution >= 0.6 is 27.5 Å². The molecule has 0 amide bonds. The summed E-state index contributed by atoms with van der Waals surface area (Å²) < 4.78 is 5.99. The average Bonchev–Trinajstić information content (AvgIpc) is 2.38. The summed E-state index contributed by atoms with van der Waals surface area (Å²) in [7, 11) is 1.60. The largest absolute Gasteiger partial charge is 0.497 e. The second-order valence-corrected chi connectivity index (χ2v) is 5.14. The van der Waals surface area contributed by atoms with Gasteiger partial charge < -0.3 is 9.84 Å². The van der Waals surface area contributed by atoms with Gasteiger partial charge in [0.1, 0.15) is 11.9 Å². The van der Waals surface area contributed by atoms with Crippen molar-refractivity contribution in [2.45, 2.75) is 6.10 Å². The fourth-order valence-electron chi connectivity index (χ4n) is 1.71. The number of ether oxygens (including phenoxy) is 1. The van der Waals surface area contributed by atoms with Gasteiger partial charge in [-0.25, -0.2) is 0 Å². The summed E-state index contributed by atoms with van der Waals surface area (Å²) in [6.45, 7) is 0. The van der Waals surface area contributed by atoms with Crippen LogP contribution in [0.4, 0.5) is 0 Å². The standard InChI is InChI=1S/C14H12BrClO2/c1-18-11-5-6-13(15)12(8-11)14(17)9-3-2-4-10(16)7-9/h2-8,14,17H,1H3. The number of aliphatic hydroxyl groups excluding tert-OH is 1. The summed E-state index contributed by atoms with van der Waals surface area (Å²) >= 11 is 9.35. The van der Waals surface area contributed by atoms with Gasteiger partial charge in [-0.15, -0.1) is 0 Å². The quantitative estimate of drug-likeness (QED) is 0.916. The summed E-state index contributed by atoms with van der Waals surface area (Å²) in [6, 6.07) is 12.7. The number of hydrogen-bond donors (Lipinski definition) is 1. The van der Waals surface area contributed by atoms with E-state index in [1.165, 1.54) is 0 Å². The van der Waals surface area contributed by atoms with E-state index in [9.17, 15) is 5.11 Å². The van der Waals surface area contributed by atoms with Crippen LogP contribution in [0.25, 0.3) is 0 Å². The van der Waals surface area contributed by atoms with Crippen molar-refractivity contribution in [2.75, 3.05) is 7.11 Å². The van der Waals surface area contributed by atoms with Crippen molar-refractivity contribution in [2.24, 2.45) is 0 Å². The Labute approximate surface area is 119 Å². The number of aliphatic hydroxyl groups is 1. The maximum absolute atomic E-state index is 10.4. The monoisotopic (exact) mass is 326 g/mol. The molecule has 1 N–H and O–H groups in total. The van der Waals surface area contributed by atoms with E-state index in [4.69, 9.17) is 16.3 Å². The van der Waals surface area contributed by atoms with Crippen molar-refractivity contribution >= 4 is 27.5 Å². The second-order valence-electron chi connectivity index (χ2n) is 3.84. The molecule has 2 nitrogen and oxygen atoms in total. The van der Waals surface area contributed by atoms with Crippen molar-refractivity contribution in [3.05, 3.63) is 63.1 Å². The highest BCUT2D eigenvalue weighted by molar-refractivity contribution is 9.10. The fraction of sp³-hybridized carbons (Fsp3) is 0.143. The van der Waals surface area contributed by atoms with Gasteiger partial charge in [0.25, 0.3) is 0 Å². The SMILES string of the molecule is COc1ccc(Br)c(C(O)c2cccc(Cl)c2)c1. The Kier molecular flexibility index (Phi) is 4.27. The molecular weight excluding hydrogens is 316 g/mol. The first-order chi connectivity index (χ1) is 8.61. The van der Waals surface area contributed by atoms with E-state index in [1.54, 1.807) is 25.3 Å². The lowest BCUT2D eigenvalue weighted by Crippen LogP contribution is -2.01. The van der Waals surface area contributed by atoms with Gasteiger partial charge in [-0.1, -0.05) is 39.7 Å². The van der Waals surface area contributed by atoms with E-state index in [-0.39, 0.29) is 0 Å². The van der Waals surface area contributed by atoms with Gasteiger partial charge in [-0.05, 0) is 35.9 Å². The van der Waals surface area contributed by atoms with Crippen LogP contribution in [-0.4, -0.2) is 12.2 Å². The Morgan fingerprint density at radius 3 is 2.67 bits per heavy atom. The molecule has 0 fully saturated rings. The zero-order valence-corrected chi connectivity index (χ0v) is 12.1. The predicted molar refractivity (Wildman–Crippen MR) is 76.2 cm³/mol. The number of halogens is 2. The van der Waals surface area contributed by atoms with Gasteiger partial charge in [0.15, 0.2) is 0 Å². The average molecular weight is 328 g/mol. The van der Waals surface area contributed by atoms with Gasteiger partial charge >= 0.3 is 0 Å². The molecule has 1 unspecified atom stereocenters. The van der Waals surface area contributed by atoms with Gasteiger partial charge in [-0.2, -0.15) is 0 Å². The van der Waals surface area contributed by atoms with Crippen LogP contribution in [0.1, 0.15) is 17.2 Å². The lowest BCUT2D eigenvalue weighted by Gasteiger charge is -2.14. The minimum atomic E-state index is -0.742. The van der Waals surface area contributed by atoms with Crippen molar-refractivity contribution in [3.8, 4) is 5.75 Å². The van der Waals surface area contributed by atoms with Crippen LogP contribution in [0.15, 0.2) is 46.9 Å². The van der Waals surface area contributed by atoms with Crippen molar-refractivity contribution in [1.29, 1.82) is 0 Å². The van der Waals surface area contributed by atoms with E-state index in [0.29, 0.717) is 10.8 Å². The predicted octanol–water partition coefficient (Wildman–Crippen LogP) is 4.19. The van der Waals surface area contributed by atoms with E-state index in [1.807, 2.05) is 24.3 Å². The molecule has 4 heteroatoms. The first kappa shape index (κ1) is 13.4. The van der Waals surface area contributed by atoms with Crippen molar-refractivity contribution in [3.63, 3.8) is 0 Å². The van der Waals surface area contributed by atoms with Crippen LogP contribution in [0.3, 0.4) is 0 Å². The third-order valence-corrected chi connectivity index (χ3v) is 3.62. The Bertz CT molecular complexity index is 557. The minimum Gasteiger partial charge on any atom is -0.497 e. The Balaban J connectivity index is 2.41. The third kappa shape index (κ3) is 2.86. The van der Waals surface area contributed by atoms with Crippen LogP contribution in [-0.2, 0) is 0 Å². The molecular formula is C14H12BrClO2. The highest BCUT2D eigenvalue weighted by Crippen LogP contribution is 2.32. The molecule has 0 aliphatic heterocycles. The molecule has 0 saturated heterocycles. The van der Waals surface area contributed by atoms with E-state index in [2.05, 4.69) is 15.9 Å². The molecule has 2 rings (SSSR count). The maximum Gasteiger partial charge on any atom is 0.119 e. The smallest absolute Gasteiger partial charge is 0.119 e. The highest BCUT2D eigenvalue weighted by atomic mass is 79.9. The van der Waals surface area contributed by atoms with Gasteiger partial charge in [0.05, 0.1) is 7.11 Å². The molecule has 0 aliphatic carbocycles. The normalized spacial score (nSPS) is 12.2. The van der Waals surface area contributed by atoms with E-state index in [0.717, 1.165) is 15.6 Å². The Morgan fingerprint density at radius 1 is 1.22 bits per heavy atom. The molecule has 2 aromatic rings. The topological polar surface area (TPSA) is 29.5 Å². The molecule has 0 aromatic heterocycles. The van der Waals surface area contributed by atoms with Crippen LogP contribution in [0, 0.1) is 0 Å².